The average molecular weight is 379 g/mol. The van der Waals surface area contributed by atoms with Gasteiger partial charge in [-0.1, -0.05) is 69.0 Å². The van der Waals surface area contributed by atoms with Gasteiger partial charge in [-0.05, 0) is 36.3 Å². The summed E-state index contributed by atoms with van der Waals surface area (Å²) in [6.07, 6.45) is 4.76. The van der Waals surface area contributed by atoms with E-state index in [0.717, 1.165) is 37.5 Å². The zero-order valence-corrected chi connectivity index (χ0v) is 16.4. The van der Waals surface area contributed by atoms with Gasteiger partial charge in [-0.3, -0.25) is 9.59 Å². The molecule has 3 rings (SSSR count). The zero-order valence-electron chi connectivity index (χ0n) is 16.4. The maximum atomic E-state index is 12.8. The van der Waals surface area contributed by atoms with Crippen LogP contribution in [0.1, 0.15) is 66.7 Å². The highest BCUT2D eigenvalue weighted by atomic mass is 16.7. The van der Waals surface area contributed by atoms with Gasteiger partial charge in [0.1, 0.15) is 0 Å². The first-order valence-corrected chi connectivity index (χ1v) is 9.81. The summed E-state index contributed by atoms with van der Waals surface area (Å²) in [6.45, 7) is 7.99. The average Bonchev–Trinajstić information content (AvgIpc) is 2.71. The third-order valence-corrected chi connectivity index (χ3v) is 5.31. The standard InChI is InChI=1S/C23H25NO4/c1-4-6-7-10-16(5-2)15(3)23(27)28-24-21(25)18-13-8-11-17-12-9-14-19(20(17)18)22(24)26/h8-9,11-14,16H,3-7,10H2,1-2H3. The molecule has 2 aromatic rings. The number of nitrogens with zero attached hydrogens (tertiary/aromatic N) is 1. The molecular weight excluding hydrogens is 354 g/mol. The fourth-order valence-electron chi connectivity index (χ4n) is 3.67. The van der Waals surface area contributed by atoms with Gasteiger partial charge in [-0.25, -0.2) is 4.79 Å². The van der Waals surface area contributed by atoms with Crippen LogP contribution in [0.3, 0.4) is 0 Å². The van der Waals surface area contributed by atoms with Crippen molar-refractivity contribution in [2.45, 2.75) is 46.0 Å². The van der Waals surface area contributed by atoms with E-state index in [1.54, 1.807) is 24.3 Å². The summed E-state index contributed by atoms with van der Waals surface area (Å²) >= 11 is 0. The Hall–Kier alpha value is -2.95. The molecule has 1 atom stereocenters. The van der Waals surface area contributed by atoms with E-state index in [-0.39, 0.29) is 5.92 Å². The Bertz CT molecular complexity index is 896. The Morgan fingerprint density at radius 1 is 1.04 bits per heavy atom. The molecule has 1 heterocycles. The minimum Gasteiger partial charge on any atom is -0.325 e. The van der Waals surface area contributed by atoms with Gasteiger partial charge in [0.25, 0.3) is 11.8 Å². The largest absolute Gasteiger partial charge is 0.359 e. The number of rotatable bonds is 8. The fraction of sp³-hybridized carbons (Fsp3) is 0.348. The van der Waals surface area contributed by atoms with Crippen molar-refractivity contribution in [1.82, 2.24) is 5.06 Å². The molecule has 2 aromatic carbocycles. The van der Waals surface area contributed by atoms with E-state index in [9.17, 15) is 14.4 Å². The highest BCUT2D eigenvalue weighted by molar-refractivity contribution is 6.25. The van der Waals surface area contributed by atoms with Crippen molar-refractivity contribution in [1.29, 1.82) is 0 Å². The van der Waals surface area contributed by atoms with Crippen molar-refractivity contribution in [2.75, 3.05) is 0 Å². The van der Waals surface area contributed by atoms with Crippen LogP contribution in [0, 0.1) is 5.92 Å². The van der Waals surface area contributed by atoms with Crippen LogP contribution in [0.4, 0.5) is 0 Å². The molecule has 5 nitrogen and oxygen atoms in total. The van der Waals surface area contributed by atoms with Crippen LogP contribution in [0.5, 0.6) is 0 Å². The Morgan fingerprint density at radius 3 is 2.18 bits per heavy atom. The number of carbonyl (C=O) groups is 3. The molecule has 28 heavy (non-hydrogen) atoms. The molecule has 0 saturated heterocycles. The van der Waals surface area contributed by atoms with E-state index in [4.69, 9.17) is 4.84 Å². The minimum absolute atomic E-state index is 0.0234. The first-order valence-electron chi connectivity index (χ1n) is 9.81. The predicted octanol–water partition coefficient (Wildman–Crippen LogP) is 5.06. The quantitative estimate of drug-likeness (QED) is 0.365. The molecule has 5 heteroatoms. The van der Waals surface area contributed by atoms with E-state index in [1.165, 1.54) is 0 Å². The van der Waals surface area contributed by atoms with Crippen LogP contribution < -0.4 is 0 Å². The summed E-state index contributed by atoms with van der Waals surface area (Å²) in [4.78, 5) is 43.5. The first-order chi connectivity index (χ1) is 13.5. The number of imide groups is 1. The molecule has 0 aromatic heterocycles. The van der Waals surface area contributed by atoms with Crippen molar-refractivity contribution in [3.63, 3.8) is 0 Å². The first kappa shape index (κ1) is 19.8. The molecule has 0 bridgehead atoms. The lowest BCUT2D eigenvalue weighted by molar-refractivity contribution is -0.164. The van der Waals surface area contributed by atoms with E-state index >= 15 is 0 Å². The number of benzene rings is 2. The van der Waals surface area contributed by atoms with Crippen molar-refractivity contribution >= 4 is 28.6 Å². The van der Waals surface area contributed by atoms with Gasteiger partial charge in [0, 0.05) is 11.0 Å². The molecular formula is C23H25NO4. The normalized spacial score (nSPS) is 14.3. The Kier molecular flexibility index (Phi) is 5.93. The van der Waals surface area contributed by atoms with Crippen molar-refractivity contribution in [3.05, 3.63) is 59.7 Å². The van der Waals surface area contributed by atoms with Gasteiger partial charge in [0.05, 0.1) is 11.1 Å². The van der Waals surface area contributed by atoms with Crippen LogP contribution in [0.25, 0.3) is 10.8 Å². The highest BCUT2D eigenvalue weighted by Crippen LogP contribution is 2.31. The molecule has 1 unspecified atom stereocenters. The Labute approximate surface area is 164 Å². The Morgan fingerprint density at radius 2 is 1.64 bits per heavy atom. The monoisotopic (exact) mass is 379 g/mol. The van der Waals surface area contributed by atoms with Crippen molar-refractivity contribution in [2.24, 2.45) is 5.92 Å². The number of carbonyl (C=O) groups excluding carboxylic acids is 3. The smallest absolute Gasteiger partial charge is 0.325 e. The molecule has 1 aliphatic heterocycles. The second-order valence-electron chi connectivity index (χ2n) is 7.12. The maximum absolute atomic E-state index is 12.8. The van der Waals surface area contributed by atoms with Crippen molar-refractivity contribution in [3.8, 4) is 0 Å². The SMILES string of the molecule is C=C(C(=O)ON1C(=O)c2cccc3cccc(c23)C1=O)C(CC)CCCCC. The van der Waals surface area contributed by atoms with Gasteiger partial charge in [-0.2, -0.15) is 0 Å². The number of amides is 2. The number of hydroxylamine groups is 2. The molecule has 0 spiro atoms. The molecule has 1 aliphatic rings. The van der Waals surface area contributed by atoms with Crippen LogP contribution in [0.15, 0.2) is 48.6 Å². The topological polar surface area (TPSA) is 63.7 Å². The molecule has 2 amide bonds. The molecule has 146 valence electrons. The highest BCUT2D eigenvalue weighted by Gasteiger charge is 2.36. The van der Waals surface area contributed by atoms with Gasteiger partial charge in [0.15, 0.2) is 0 Å². The summed E-state index contributed by atoms with van der Waals surface area (Å²) in [5, 5.41) is 1.97. The summed E-state index contributed by atoms with van der Waals surface area (Å²) in [5.41, 5.74) is 0.999. The minimum atomic E-state index is -0.725. The summed E-state index contributed by atoms with van der Waals surface area (Å²) in [7, 11) is 0. The molecule has 0 N–H and O–H groups in total. The van der Waals surface area contributed by atoms with E-state index in [1.807, 2.05) is 19.1 Å². The predicted molar refractivity (Wildman–Crippen MR) is 108 cm³/mol. The second-order valence-corrected chi connectivity index (χ2v) is 7.12. The van der Waals surface area contributed by atoms with Crippen molar-refractivity contribution < 1.29 is 19.2 Å². The zero-order chi connectivity index (χ0) is 20.3. The summed E-state index contributed by atoms with van der Waals surface area (Å²) in [5.74, 6) is -2.01. The van der Waals surface area contributed by atoms with Gasteiger partial charge >= 0.3 is 5.97 Å². The van der Waals surface area contributed by atoms with E-state index in [0.29, 0.717) is 27.1 Å². The number of unbranched alkanes of at least 4 members (excludes halogenated alkanes) is 2. The molecule has 0 fully saturated rings. The fourth-order valence-corrected chi connectivity index (χ4v) is 3.67. The van der Waals surface area contributed by atoms with Crippen LogP contribution in [-0.2, 0) is 9.63 Å². The maximum Gasteiger partial charge on any atom is 0.359 e. The van der Waals surface area contributed by atoms with Crippen LogP contribution in [0.2, 0.25) is 0 Å². The third-order valence-electron chi connectivity index (χ3n) is 5.31. The third kappa shape index (κ3) is 3.57. The van der Waals surface area contributed by atoms with E-state index < -0.39 is 17.8 Å². The number of hydrogen-bond donors (Lipinski definition) is 0. The second kappa shape index (κ2) is 8.38. The molecule has 0 aliphatic carbocycles. The van der Waals surface area contributed by atoms with Gasteiger partial charge in [-0.15, -0.1) is 0 Å². The molecule has 0 saturated carbocycles. The van der Waals surface area contributed by atoms with E-state index in [2.05, 4.69) is 13.5 Å². The number of hydrogen-bond acceptors (Lipinski definition) is 4. The van der Waals surface area contributed by atoms with Crippen LogP contribution >= 0.6 is 0 Å². The van der Waals surface area contributed by atoms with Gasteiger partial charge in [0.2, 0.25) is 0 Å². The lowest BCUT2D eigenvalue weighted by Gasteiger charge is -2.26. The summed E-state index contributed by atoms with van der Waals surface area (Å²) < 4.78 is 0. The lowest BCUT2D eigenvalue weighted by atomic mass is 9.92. The van der Waals surface area contributed by atoms with Crippen LogP contribution in [-0.4, -0.2) is 22.8 Å². The Balaban J connectivity index is 1.81. The lowest BCUT2D eigenvalue weighted by Crippen LogP contribution is -2.42. The summed E-state index contributed by atoms with van der Waals surface area (Å²) in [6, 6.07) is 10.4. The van der Waals surface area contributed by atoms with Gasteiger partial charge < -0.3 is 4.84 Å². The molecule has 0 radical (unpaired) electrons.